The SMILES string of the molecule is Cc1nn(C2CCC2CNC(C)(C)C)c(C)c1Br. The van der Waals surface area contributed by atoms with Crippen LogP contribution in [0.1, 0.15) is 51.0 Å². The van der Waals surface area contributed by atoms with E-state index in [9.17, 15) is 0 Å². The molecule has 2 atom stereocenters. The second kappa shape index (κ2) is 4.97. The van der Waals surface area contributed by atoms with E-state index in [-0.39, 0.29) is 5.54 Å². The van der Waals surface area contributed by atoms with E-state index in [2.05, 4.69) is 65.6 Å². The summed E-state index contributed by atoms with van der Waals surface area (Å²) in [5.41, 5.74) is 2.57. The zero-order chi connectivity index (χ0) is 13.5. The maximum absolute atomic E-state index is 4.67. The Bertz CT molecular complexity index is 431. The van der Waals surface area contributed by atoms with Crippen LogP contribution in [0, 0.1) is 19.8 Å². The summed E-state index contributed by atoms with van der Waals surface area (Å²) in [6, 6.07) is 0.574. The van der Waals surface area contributed by atoms with Crippen LogP contribution < -0.4 is 5.32 Å². The second-order valence-electron chi connectivity index (χ2n) is 6.47. The zero-order valence-corrected chi connectivity index (χ0v) is 13.6. The first-order valence-corrected chi connectivity index (χ1v) is 7.55. The van der Waals surface area contributed by atoms with Crippen LogP contribution in [-0.4, -0.2) is 21.9 Å². The molecular formula is C14H24BrN3. The van der Waals surface area contributed by atoms with Gasteiger partial charge in [-0.1, -0.05) is 0 Å². The highest BCUT2D eigenvalue weighted by molar-refractivity contribution is 9.10. The van der Waals surface area contributed by atoms with Crippen molar-refractivity contribution in [2.24, 2.45) is 5.92 Å². The van der Waals surface area contributed by atoms with Crippen molar-refractivity contribution in [1.82, 2.24) is 15.1 Å². The van der Waals surface area contributed by atoms with Crippen LogP contribution in [0.4, 0.5) is 0 Å². The molecule has 3 nitrogen and oxygen atoms in total. The Kier molecular flexibility index (Phi) is 3.88. The van der Waals surface area contributed by atoms with Crippen molar-refractivity contribution in [2.75, 3.05) is 6.54 Å². The number of hydrogen-bond donors (Lipinski definition) is 1. The number of nitrogens with zero attached hydrogens (tertiary/aromatic N) is 2. The smallest absolute Gasteiger partial charge is 0.0738 e. The van der Waals surface area contributed by atoms with E-state index in [4.69, 9.17) is 0 Å². The van der Waals surface area contributed by atoms with Crippen molar-refractivity contribution in [2.45, 2.75) is 59.0 Å². The van der Waals surface area contributed by atoms with E-state index >= 15 is 0 Å². The van der Waals surface area contributed by atoms with Gasteiger partial charge < -0.3 is 5.32 Å². The number of aryl methyl sites for hydroxylation is 1. The summed E-state index contributed by atoms with van der Waals surface area (Å²) in [5, 5.41) is 8.28. The lowest BCUT2D eigenvalue weighted by atomic mass is 9.79. The van der Waals surface area contributed by atoms with Crippen LogP contribution in [-0.2, 0) is 0 Å². The minimum absolute atomic E-state index is 0.204. The molecule has 0 radical (unpaired) electrons. The average molecular weight is 314 g/mol. The number of nitrogens with one attached hydrogen (secondary N) is 1. The van der Waals surface area contributed by atoms with Crippen LogP contribution in [0.5, 0.6) is 0 Å². The molecule has 0 aromatic carbocycles. The monoisotopic (exact) mass is 313 g/mol. The van der Waals surface area contributed by atoms with Crippen LogP contribution in [0.15, 0.2) is 4.47 Å². The summed E-state index contributed by atoms with van der Waals surface area (Å²) in [5.74, 6) is 0.717. The van der Waals surface area contributed by atoms with Gasteiger partial charge in [0.2, 0.25) is 0 Å². The summed E-state index contributed by atoms with van der Waals surface area (Å²) in [6.07, 6.45) is 2.56. The molecule has 4 heteroatoms. The first-order chi connectivity index (χ1) is 8.29. The lowest BCUT2D eigenvalue weighted by Gasteiger charge is -2.39. The zero-order valence-electron chi connectivity index (χ0n) is 12.0. The molecule has 0 aliphatic heterocycles. The van der Waals surface area contributed by atoms with Crippen molar-refractivity contribution < 1.29 is 0 Å². The van der Waals surface area contributed by atoms with E-state index in [1.54, 1.807) is 0 Å². The van der Waals surface area contributed by atoms with E-state index in [0.717, 1.165) is 16.7 Å². The molecule has 0 bridgehead atoms. The van der Waals surface area contributed by atoms with Gasteiger partial charge in [-0.3, -0.25) is 4.68 Å². The van der Waals surface area contributed by atoms with Crippen molar-refractivity contribution in [3.05, 3.63) is 15.9 Å². The van der Waals surface area contributed by atoms with Crippen LogP contribution in [0.2, 0.25) is 0 Å². The molecule has 1 saturated carbocycles. The average Bonchev–Trinajstić information content (AvgIpc) is 2.44. The van der Waals surface area contributed by atoms with E-state index in [1.807, 2.05) is 0 Å². The van der Waals surface area contributed by atoms with Gasteiger partial charge in [-0.25, -0.2) is 0 Å². The molecule has 18 heavy (non-hydrogen) atoms. The first kappa shape index (κ1) is 14.1. The Morgan fingerprint density at radius 2 is 2.00 bits per heavy atom. The fourth-order valence-corrected chi connectivity index (χ4v) is 2.78. The van der Waals surface area contributed by atoms with Crippen LogP contribution in [0.25, 0.3) is 0 Å². The highest BCUT2D eigenvalue weighted by atomic mass is 79.9. The van der Waals surface area contributed by atoms with E-state index in [0.29, 0.717) is 12.0 Å². The number of aromatic nitrogens is 2. The molecule has 2 unspecified atom stereocenters. The molecule has 2 rings (SSSR count). The maximum atomic E-state index is 4.67. The van der Waals surface area contributed by atoms with Gasteiger partial charge in [0.15, 0.2) is 0 Å². The molecular weight excluding hydrogens is 290 g/mol. The molecule has 0 saturated heterocycles. The van der Waals surface area contributed by atoms with Gasteiger partial charge in [0.25, 0.3) is 0 Å². The van der Waals surface area contributed by atoms with Gasteiger partial charge in [0.05, 0.1) is 21.9 Å². The topological polar surface area (TPSA) is 29.9 Å². The first-order valence-electron chi connectivity index (χ1n) is 6.76. The van der Waals surface area contributed by atoms with Gasteiger partial charge in [0, 0.05) is 12.1 Å². The molecule has 1 N–H and O–H groups in total. The second-order valence-corrected chi connectivity index (χ2v) is 7.26. The predicted octanol–water partition coefficient (Wildman–Crippen LogP) is 3.60. The van der Waals surface area contributed by atoms with Crippen molar-refractivity contribution in [3.8, 4) is 0 Å². The molecule has 1 fully saturated rings. The van der Waals surface area contributed by atoms with E-state index in [1.165, 1.54) is 18.5 Å². The minimum atomic E-state index is 0.204. The Morgan fingerprint density at radius 3 is 2.39 bits per heavy atom. The molecule has 0 spiro atoms. The Hall–Kier alpha value is -0.350. The van der Waals surface area contributed by atoms with Crippen LogP contribution >= 0.6 is 15.9 Å². The van der Waals surface area contributed by atoms with Crippen LogP contribution in [0.3, 0.4) is 0 Å². The molecule has 1 aromatic rings. The maximum Gasteiger partial charge on any atom is 0.0738 e. The lowest BCUT2D eigenvalue weighted by Crippen LogP contribution is -2.44. The minimum Gasteiger partial charge on any atom is -0.312 e. The van der Waals surface area contributed by atoms with Gasteiger partial charge in [-0.05, 0) is 69.3 Å². The highest BCUT2D eigenvalue weighted by Crippen LogP contribution is 2.40. The standard InChI is InChI=1S/C14H24BrN3/c1-9-13(15)10(2)18(17-9)12-7-6-11(12)8-16-14(3,4)5/h11-12,16H,6-8H2,1-5H3. The number of halogens is 1. The molecule has 1 aliphatic rings. The third kappa shape index (κ3) is 2.80. The van der Waals surface area contributed by atoms with Gasteiger partial charge >= 0.3 is 0 Å². The lowest BCUT2D eigenvalue weighted by molar-refractivity contribution is 0.150. The fourth-order valence-electron chi connectivity index (χ4n) is 2.51. The molecule has 1 heterocycles. The third-order valence-corrected chi connectivity index (χ3v) is 4.97. The Balaban J connectivity index is 2.04. The fraction of sp³-hybridized carbons (Fsp3) is 0.786. The normalized spacial score (nSPS) is 24.1. The molecule has 1 aromatic heterocycles. The predicted molar refractivity (Wildman–Crippen MR) is 78.9 cm³/mol. The number of hydrogen-bond acceptors (Lipinski definition) is 2. The van der Waals surface area contributed by atoms with Gasteiger partial charge in [-0.2, -0.15) is 5.10 Å². The molecule has 0 amide bonds. The van der Waals surface area contributed by atoms with Gasteiger partial charge in [0.1, 0.15) is 0 Å². The third-order valence-electron chi connectivity index (χ3n) is 3.82. The van der Waals surface area contributed by atoms with Crippen molar-refractivity contribution in [3.63, 3.8) is 0 Å². The van der Waals surface area contributed by atoms with Gasteiger partial charge in [-0.15, -0.1) is 0 Å². The summed E-state index contributed by atoms with van der Waals surface area (Å²) in [6.45, 7) is 12.0. The Labute approximate surface area is 118 Å². The van der Waals surface area contributed by atoms with Crippen molar-refractivity contribution >= 4 is 15.9 Å². The molecule has 102 valence electrons. The van der Waals surface area contributed by atoms with E-state index < -0.39 is 0 Å². The molecule has 1 aliphatic carbocycles. The highest BCUT2D eigenvalue weighted by Gasteiger charge is 2.34. The number of rotatable bonds is 3. The summed E-state index contributed by atoms with van der Waals surface area (Å²) < 4.78 is 3.38. The summed E-state index contributed by atoms with van der Waals surface area (Å²) in [4.78, 5) is 0. The largest absolute Gasteiger partial charge is 0.312 e. The Morgan fingerprint density at radius 1 is 1.33 bits per heavy atom. The summed E-state index contributed by atoms with van der Waals surface area (Å²) in [7, 11) is 0. The van der Waals surface area contributed by atoms with Crippen molar-refractivity contribution in [1.29, 1.82) is 0 Å². The summed E-state index contributed by atoms with van der Waals surface area (Å²) >= 11 is 3.61. The quantitative estimate of drug-likeness (QED) is 0.924.